The number of hydrogen-bond acceptors (Lipinski definition) is 5. The van der Waals surface area contributed by atoms with Crippen molar-refractivity contribution < 1.29 is 23.9 Å². The molecule has 2 aromatic carbocycles. The Kier molecular flexibility index (Phi) is 5.26. The van der Waals surface area contributed by atoms with Gasteiger partial charge in [-0.05, 0) is 48.7 Å². The van der Waals surface area contributed by atoms with Gasteiger partial charge in [0.1, 0.15) is 17.5 Å². The van der Waals surface area contributed by atoms with E-state index in [1.807, 2.05) is 13.8 Å². The standard InChI is InChI=1S/C21H21NO5/c1-13(2)12-18(21(25)27-15-10-8-14(26-3)9-11-15)22-19(23)16-6-4-5-7-17(16)20(22)24/h4-11,13,18H,12H2,1-3H3. The minimum atomic E-state index is -0.987. The number of carbonyl (C=O) groups excluding carboxylic acids is 3. The minimum Gasteiger partial charge on any atom is -0.497 e. The van der Waals surface area contributed by atoms with Gasteiger partial charge in [-0.2, -0.15) is 0 Å². The quantitative estimate of drug-likeness (QED) is 0.445. The predicted molar refractivity (Wildman–Crippen MR) is 98.8 cm³/mol. The van der Waals surface area contributed by atoms with E-state index in [9.17, 15) is 14.4 Å². The second-order valence-corrected chi connectivity index (χ2v) is 6.77. The van der Waals surface area contributed by atoms with E-state index in [0.29, 0.717) is 29.0 Å². The average Bonchev–Trinajstić information content (AvgIpc) is 2.91. The summed E-state index contributed by atoms with van der Waals surface area (Å²) in [5.74, 6) is -0.521. The van der Waals surface area contributed by atoms with Gasteiger partial charge in [0, 0.05) is 0 Å². The highest BCUT2D eigenvalue weighted by atomic mass is 16.5. The molecule has 1 atom stereocenters. The summed E-state index contributed by atoms with van der Waals surface area (Å²) >= 11 is 0. The van der Waals surface area contributed by atoms with Crippen LogP contribution in [0.3, 0.4) is 0 Å². The lowest BCUT2D eigenvalue weighted by Gasteiger charge is -2.25. The molecule has 2 amide bonds. The van der Waals surface area contributed by atoms with E-state index in [2.05, 4.69) is 0 Å². The number of methoxy groups -OCH3 is 1. The van der Waals surface area contributed by atoms with E-state index >= 15 is 0 Å². The lowest BCUT2D eigenvalue weighted by molar-refractivity contribution is -0.139. The summed E-state index contributed by atoms with van der Waals surface area (Å²) < 4.78 is 10.5. The molecule has 0 N–H and O–H groups in total. The molecule has 0 fully saturated rings. The Morgan fingerprint density at radius 1 is 0.926 bits per heavy atom. The molecule has 1 aliphatic rings. The molecular weight excluding hydrogens is 346 g/mol. The van der Waals surface area contributed by atoms with Crippen LogP contribution in [0, 0.1) is 5.92 Å². The monoisotopic (exact) mass is 367 g/mol. The van der Waals surface area contributed by atoms with E-state index in [0.717, 1.165) is 4.90 Å². The van der Waals surface area contributed by atoms with E-state index in [-0.39, 0.29) is 5.92 Å². The number of ether oxygens (including phenoxy) is 2. The van der Waals surface area contributed by atoms with Crippen LogP contribution >= 0.6 is 0 Å². The van der Waals surface area contributed by atoms with Gasteiger partial charge in [0.25, 0.3) is 11.8 Å². The molecule has 27 heavy (non-hydrogen) atoms. The number of benzene rings is 2. The Balaban J connectivity index is 1.86. The molecule has 0 saturated heterocycles. The molecule has 0 radical (unpaired) electrons. The first kappa shape index (κ1) is 18.6. The lowest BCUT2D eigenvalue weighted by Crippen LogP contribution is -2.47. The number of fused-ring (bicyclic) bond motifs is 1. The maximum Gasteiger partial charge on any atom is 0.334 e. The molecule has 0 aliphatic carbocycles. The third-order valence-corrected chi connectivity index (χ3v) is 4.38. The first-order valence-corrected chi connectivity index (χ1v) is 8.75. The van der Waals surface area contributed by atoms with Gasteiger partial charge in [0.05, 0.1) is 18.2 Å². The van der Waals surface area contributed by atoms with Crippen molar-refractivity contribution in [2.75, 3.05) is 7.11 Å². The number of carbonyl (C=O) groups is 3. The second-order valence-electron chi connectivity index (χ2n) is 6.77. The zero-order valence-corrected chi connectivity index (χ0v) is 15.5. The van der Waals surface area contributed by atoms with Crippen LogP contribution < -0.4 is 9.47 Å². The zero-order chi connectivity index (χ0) is 19.6. The van der Waals surface area contributed by atoms with Crippen LogP contribution in [0.25, 0.3) is 0 Å². The normalized spacial score (nSPS) is 14.3. The number of hydrogen-bond donors (Lipinski definition) is 0. The zero-order valence-electron chi connectivity index (χ0n) is 15.5. The summed E-state index contributed by atoms with van der Waals surface area (Å²) in [5, 5.41) is 0. The van der Waals surface area contributed by atoms with Gasteiger partial charge in [-0.25, -0.2) is 4.79 Å². The molecule has 6 nitrogen and oxygen atoms in total. The molecule has 1 unspecified atom stereocenters. The molecule has 1 aliphatic heterocycles. The maximum absolute atomic E-state index is 12.8. The molecule has 6 heteroatoms. The van der Waals surface area contributed by atoms with Crippen LogP contribution in [0.15, 0.2) is 48.5 Å². The molecule has 0 aromatic heterocycles. The number of imide groups is 1. The topological polar surface area (TPSA) is 72.9 Å². The summed E-state index contributed by atoms with van der Waals surface area (Å²) in [6, 6.07) is 12.1. The van der Waals surface area contributed by atoms with Crippen molar-refractivity contribution in [1.82, 2.24) is 4.90 Å². The fourth-order valence-corrected chi connectivity index (χ4v) is 3.07. The van der Waals surface area contributed by atoms with Gasteiger partial charge in [0.2, 0.25) is 0 Å². The highest BCUT2D eigenvalue weighted by molar-refractivity contribution is 6.22. The van der Waals surface area contributed by atoms with E-state index in [1.165, 1.54) is 0 Å². The Bertz CT molecular complexity index is 837. The van der Waals surface area contributed by atoms with Crippen LogP contribution in [-0.4, -0.2) is 35.8 Å². The highest BCUT2D eigenvalue weighted by Crippen LogP contribution is 2.28. The van der Waals surface area contributed by atoms with Gasteiger partial charge in [0.15, 0.2) is 0 Å². The van der Waals surface area contributed by atoms with E-state index < -0.39 is 23.8 Å². The minimum absolute atomic E-state index is 0.0859. The smallest absolute Gasteiger partial charge is 0.334 e. The SMILES string of the molecule is COc1ccc(OC(=O)C(CC(C)C)N2C(=O)c3ccccc3C2=O)cc1. The van der Waals surface area contributed by atoms with Crippen LogP contribution in [0.5, 0.6) is 11.5 Å². The van der Waals surface area contributed by atoms with Gasteiger partial charge >= 0.3 is 5.97 Å². The fraction of sp³-hybridized carbons (Fsp3) is 0.286. The predicted octanol–water partition coefficient (Wildman–Crippen LogP) is 3.31. The molecule has 1 heterocycles. The first-order valence-electron chi connectivity index (χ1n) is 8.75. The van der Waals surface area contributed by atoms with Crippen LogP contribution in [0.2, 0.25) is 0 Å². The van der Waals surface area contributed by atoms with Gasteiger partial charge in [-0.15, -0.1) is 0 Å². The van der Waals surface area contributed by atoms with Crippen molar-refractivity contribution in [2.24, 2.45) is 5.92 Å². The molecule has 140 valence electrons. The largest absolute Gasteiger partial charge is 0.497 e. The Labute approximate surface area is 157 Å². The molecule has 0 saturated carbocycles. The Morgan fingerprint density at radius 2 is 1.44 bits per heavy atom. The van der Waals surface area contributed by atoms with Crippen LogP contribution in [0.4, 0.5) is 0 Å². The second kappa shape index (κ2) is 7.61. The summed E-state index contributed by atoms with van der Waals surface area (Å²) in [6.07, 6.45) is 0.320. The molecule has 0 bridgehead atoms. The summed E-state index contributed by atoms with van der Waals surface area (Å²) in [4.78, 5) is 39.4. The molecular formula is C21H21NO5. The van der Waals surface area contributed by atoms with E-state index in [1.54, 1.807) is 55.6 Å². The van der Waals surface area contributed by atoms with Crippen LogP contribution in [-0.2, 0) is 4.79 Å². The van der Waals surface area contributed by atoms with Crippen molar-refractivity contribution in [3.8, 4) is 11.5 Å². The van der Waals surface area contributed by atoms with Crippen LogP contribution in [0.1, 0.15) is 41.0 Å². The summed E-state index contributed by atoms with van der Waals surface area (Å²) in [5.41, 5.74) is 0.627. The summed E-state index contributed by atoms with van der Waals surface area (Å²) in [6.45, 7) is 3.84. The van der Waals surface area contributed by atoms with Crippen molar-refractivity contribution in [3.63, 3.8) is 0 Å². The third kappa shape index (κ3) is 3.69. The van der Waals surface area contributed by atoms with E-state index in [4.69, 9.17) is 9.47 Å². The molecule has 3 rings (SSSR count). The number of rotatable bonds is 6. The van der Waals surface area contributed by atoms with Gasteiger partial charge < -0.3 is 9.47 Å². The van der Waals surface area contributed by atoms with Crippen molar-refractivity contribution in [3.05, 3.63) is 59.7 Å². The van der Waals surface area contributed by atoms with Crippen molar-refractivity contribution in [1.29, 1.82) is 0 Å². The molecule has 0 spiro atoms. The highest BCUT2D eigenvalue weighted by Gasteiger charge is 2.43. The lowest BCUT2D eigenvalue weighted by atomic mass is 10.0. The Hall–Kier alpha value is -3.15. The van der Waals surface area contributed by atoms with Crippen molar-refractivity contribution >= 4 is 17.8 Å². The van der Waals surface area contributed by atoms with Crippen molar-refractivity contribution in [2.45, 2.75) is 26.3 Å². The number of esters is 1. The average molecular weight is 367 g/mol. The third-order valence-electron chi connectivity index (χ3n) is 4.38. The fourth-order valence-electron chi connectivity index (χ4n) is 3.07. The Morgan fingerprint density at radius 3 is 1.93 bits per heavy atom. The van der Waals surface area contributed by atoms with Gasteiger partial charge in [-0.1, -0.05) is 26.0 Å². The number of amides is 2. The maximum atomic E-state index is 12.8. The van der Waals surface area contributed by atoms with Gasteiger partial charge in [-0.3, -0.25) is 14.5 Å². The molecule has 2 aromatic rings. The summed E-state index contributed by atoms with van der Waals surface area (Å²) in [7, 11) is 1.54. The first-order chi connectivity index (χ1) is 12.9. The number of nitrogens with zero attached hydrogens (tertiary/aromatic N) is 1.